The van der Waals surface area contributed by atoms with Crippen LogP contribution in [0.1, 0.15) is 34.7 Å². The summed E-state index contributed by atoms with van der Waals surface area (Å²) in [6, 6.07) is 22.6. The first-order valence-corrected chi connectivity index (χ1v) is 11.8. The number of benzene rings is 2. The molecular weight excluding hydrogens is 453 g/mol. The molecule has 2 aromatic heterocycles. The van der Waals surface area contributed by atoms with Gasteiger partial charge in [-0.15, -0.1) is 0 Å². The van der Waals surface area contributed by atoms with Crippen molar-refractivity contribution in [3.05, 3.63) is 107 Å². The summed E-state index contributed by atoms with van der Waals surface area (Å²) in [5.41, 5.74) is 3.44. The van der Waals surface area contributed by atoms with E-state index in [1.54, 1.807) is 30.9 Å². The van der Waals surface area contributed by atoms with Gasteiger partial charge in [0.1, 0.15) is 17.6 Å². The summed E-state index contributed by atoms with van der Waals surface area (Å²) in [7, 11) is 0. The molecule has 0 saturated carbocycles. The molecule has 0 radical (unpaired) electrons. The summed E-state index contributed by atoms with van der Waals surface area (Å²) in [5, 5.41) is 4.74. The standard InChI is InChI=1S/C26H22FN3OS2/c1-16-6-9-19(10-7-16)33-23-13-12-22(31-23)25-24(21-5-3-4-14-28-21)29-26(32)30(25)18-8-11-20(27)17(2)15-18/h3-15,24-25H,1-2H3,(H,29,32). The minimum Gasteiger partial charge on any atom is -0.452 e. The molecule has 1 aliphatic rings. The van der Waals surface area contributed by atoms with Crippen molar-refractivity contribution in [2.45, 2.75) is 35.9 Å². The monoisotopic (exact) mass is 475 g/mol. The van der Waals surface area contributed by atoms with Gasteiger partial charge in [0.15, 0.2) is 10.2 Å². The zero-order valence-electron chi connectivity index (χ0n) is 18.2. The number of nitrogens with zero attached hydrogens (tertiary/aromatic N) is 2. The molecule has 7 heteroatoms. The Labute approximate surface area is 201 Å². The smallest absolute Gasteiger partial charge is 0.174 e. The molecule has 0 amide bonds. The Kier molecular flexibility index (Phi) is 5.91. The van der Waals surface area contributed by atoms with Crippen LogP contribution in [0, 0.1) is 19.7 Å². The summed E-state index contributed by atoms with van der Waals surface area (Å²) in [5.74, 6) is 0.513. The van der Waals surface area contributed by atoms with Crippen LogP contribution in [0.3, 0.4) is 0 Å². The Bertz CT molecular complexity index is 1290. The predicted octanol–water partition coefficient (Wildman–Crippen LogP) is 6.76. The number of furan rings is 1. The van der Waals surface area contributed by atoms with Crippen LogP contribution in [0.2, 0.25) is 0 Å². The zero-order chi connectivity index (χ0) is 22.9. The van der Waals surface area contributed by atoms with E-state index in [4.69, 9.17) is 16.6 Å². The molecule has 1 saturated heterocycles. The lowest BCUT2D eigenvalue weighted by Gasteiger charge is -2.26. The fraction of sp³-hybridized carbons (Fsp3) is 0.154. The minimum absolute atomic E-state index is 0.215. The zero-order valence-corrected chi connectivity index (χ0v) is 19.8. The molecule has 0 aliphatic carbocycles. The van der Waals surface area contributed by atoms with Gasteiger partial charge in [0, 0.05) is 16.8 Å². The predicted molar refractivity (Wildman–Crippen MR) is 133 cm³/mol. The summed E-state index contributed by atoms with van der Waals surface area (Å²) in [6.45, 7) is 3.82. The number of aryl methyl sites for hydroxylation is 2. The minimum atomic E-state index is -0.273. The van der Waals surface area contributed by atoms with Crippen molar-refractivity contribution in [2.75, 3.05) is 4.90 Å². The highest BCUT2D eigenvalue weighted by Gasteiger charge is 2.42. The van der Waals surface area contributed by atoms with Gasteiger partial charge in [-0.2, -0.15) is 0 Å². The highest BCUT2D eigenvalue weighted by Crippen LogP contribution is 2.43. The van der Waals surface area contributed by atoms with E-state index in [2.05, 4.69) is 41.5 Å². The molecule has 5 rings (SSSR count). The maximum atomic E-state index is 14.0. The van der Waals surface area contributed by atoms with Crippen molar-refractivity contribution in [3.8, 4) is 0 Å². The van der Waals surface area contributed by atoms with Crippen molar-refractivity contribution in [1.82, 2.24) is 10.3 Å². The number of nitrogens with one attached hydrogen (secondary N) is 1. The second kappa shape index (κ2) is 9.00. The van der Waals surface area contributed by atoms with Crippen LogP contribution in [0.4, 0.5) is 10.1 Å². The van der Waals surface area contributed by atoms with Crippen LogP contribution in [0.25, 0.3) is 0 Å². The molecule has 0 spiro atoms. The van der Waals surface area contributed by atoms with Crippen LogP contribution >= 0.6 is 24.0 Å². The fourth-order valence-electron chi connectivity index (χ4n) is 3.97. The number of rotatable bonds is 5. The van der Waals surface area contributed by atoms with E-state index in [0.717, 1.165) is 27.1 Å². The normalized spacial score (nSPS) is 17.9. The van der Waals surface area contributed by atoms with E-state index in [1.807, 2.05) is 41.3 Å². The summed E-state index contributed by atoms with van der Waals surface area (Å²) in [4.78, 5) is 7.65. The molecule has 2 atom stereocenters. The number of pyridine rings is 1. The number of hydrogen-bond acceptors (Lipinski definition) is 4. The van der Waals surface area contributed by atoms with Crippen LogP contribution in [-0.4, -0.2) is 10.1 Å². The molecule has 1 aliphatic heterocycles. The van der Waals surface area contributed by atoms with Crippen molar-refractivity contribution in [2.24, 2.45) is 0 Å². The van der Waals surface area contributed by atoms with Crippen molar-refractivity contribution in [1.29, 1.82) is 0 Å². The van der Waals surface area contributed by atoms with E-state index in [0.29, 0.717) is 10.7 Å². The second-order valence-electron chi connectivity index (χ2n) is 8.00. The van der Waals surface area contributed by atoms with Crippen LogP contribution in [0.5, 0.6) is 0 Å². The van der Waals surface area contributed by atoms with Crippen molar-refractivity contribution in [3.63, 3.8) is 0 Å². The van der Waals surface area contributed by atoms with E-state index in [9.17, 15) is 4.39 Å². The maximum absolute atomic E-state index is 14.0. The lowest BCUT2D eigenvalue weighted by Crippen LogP contribution is -2.29. The van der Waals surface area contributed by atoms with Gasteiger partial charge in [-0.1, -0.05) is 35.5 Å². The van der Waals surface area contributed by atoms with E-state index in [1.165, 1.54) is 11.6 Å². The Morgan fingerprint density at radius 2 is 1.85 bits per heavy atom. The Hall–Kier alpha value is -3.16. The Balaban J connectivity index is 1.53. The Morgan fingerprint density at radius 3 is 2.58 bits per heavy atom. The molecule has 4 nitrogen and oxygen atoms in total. The third-order valence-electron chi connectivity index (χ3n) is 5.65. The van der Waals surface area contributed by atoms with Crippen molar-refractivity contribution < 1.29 is 8.81 Å². The summed E-state index contributed by atoms with van der Waals surface area (Å²) < 4.78 is 20.3. The lowest BCUT2D eigenvalue weighted by atomic mass is 10.0. The molecule has 2 unspecified atom stereocenters. The number of halogens is 1. The molecule has 33 heavy (non-hydrogen) atoms. The van der Waals surface area contributed by atoms with E-state index >= 15 is 0 Å². The van der Waals surface area contributed by atoms with Crippen LogP contribution in [0.15, 0.2) is 93.4 Å². The highest BCUT2D eigenvalue weighted by atomic mass is 32.2. The fourth-order valence-corrected chi connectivity index (χ4v) is 5.10. The molecule has 3 heterocycles. The molecule has 1 fully saturated rings. The molecule has 2 aromatic carbocycles. The Morgan fingerprint density at radius 1 is 1.03 bits per heavy atom. The third-order valence-corrected chi connectivity index (χ3v) is 6.89. The quantitative estimate of drug-likeness (QED) is 0.322. The van der Waals surface area contributed by atoms with Gasteiger partial charge >= 0.3 is 0 Å². The van der Waals surface area contributed by atoms with Gasteiger partial charge in [-0.05, 0) is 86.2 Å². The first-order valence-electron chi connectivity index (χ1n) is 10.6. The third kappa shape index (κ3) is 4.38. The first kappa shape index (κ1) is 21.7. The number of hydrogen-bond donors (Lipinski definition) is 1. The van der Waals surface area contributed by atoms with Crippen LogP contribution in [-0.2, 0) is 0 Å². The van der Waals surface area contributed by atoms with Crippen LogP contribution < -0.4 is 10.2 Å². The van der Waals surface area contributed by atoms with E-state index in [-0.39, 0.29) is 17.9 Å². The lowest BCUT2D eigenvalue weighted by molar-refractivity contribution is 0.383. The van der Waals surface area contributed by atoms with Gasteiger partial charge in [0.25, 0.3) is 0 Å². The largest absolute Gasteiger partial charge is 0.452 e. The topological polar surface area (TPSA) is 41.3 Å². The maximum Gasteiger partial charge on any atom is 0.174 e. The van der Waals surface area contributed by atoms with Gasteiger partial charge in [0.05, 0.1) is 11.7 Å². The number of thiocarbonyl (C=S) groups is 1. The second-order valence-corrected chi connectivity index (χ2v) is 9.47. The molecule has 4 aromatic rings. The van der Waals surface area contributed by atoms with Gasteiger partial charge in [0.2, 0.25) is 0 Å². The van der Waals surface area contributed by atoms with Gasteiger partial charge < -0.3 is 14.6 Å². The highest BCUT2D eigenvalue weighted by molar-refractivity contribution is 7.99. The molecule has 166 valence electrons. The molecular formula is C26H22FN3OS2. The van der Waals surface area contributed by atoms with Crippen molar-refractivity contribution >= 4 is 34.8 Å². The molecule has 1 N–H and O–H groups in total. The average molecular weight is 476 g/mol. The summed E-state index contributed by atoms with van der Waals surface area (Å²) in [6.07, 6.45) is 1.77. The first-order chi connectivity index (χ1) is 16.0. The summed E-state index contributed by atoms with van der Waals surface area (Å²) >= 11 is 7.29. The average Bonchev–Trinajstić information content (AvgIpc) is 3.42. The number of aromatic nitrogens is 1. The molecule has 0 bridgehead atoms. The van der Waals surface area contributed by atoms with Gasteiger partial charge in [-0.25, -0.2) is 4.39 Å². The van der Waals surface area contributed by atoms with E-state index < -0.39 is 0 Å². The SMILES string of the molecule is Cc1ccc(Sc2ccc(C3C(c4ccccn4)NC(=S)N3c3ccc(F)c(C)c3)o2)cc1. The number of anilines is 1. The van der Waals surface area contributed by atoms with Gasteiger partial charge in [-0.3, -0.25) is 4.98 Å².